The zero-order valence-corrected chi connectivity index (χ0v) is 10.3. The first kappa shape index (κ1) is 12.4. The van der Waals surface area contributed by atoms with E-state index in [4.69, 9.17) is 4.74 Å². The van der Waals surface area contributed by atoms with Crippen molar-refractivity contribution in [2.75, 3.05) is 19.7 Å². The molecule has 1 aromatic rings. The summed E-state index contributed by atoms with van der Waals surface area (Å²) >= 11 is 1.34. The Labute approximate surface area is 95.2 Å². The molecule has 0 aromatic carbocycles. The minimum atomic E-state index is 0.667. The summed E-state index contributed by atoms with van der Waals surface area (Å²) in [4.78, 5) is 4.28. The maximum absolute atomic E-state index is 5.46. The quantitative estimate of drug-likeness (QED) is 0.691. The molecule has 0 aliphatic carbocycles. The fourth-order valence-electron chi connectivity index (χ4n) is 1.13. The summed E-state index contributed by atoms with van der Waals surface area (Å²) in [5.41, 5.74) is 0. The molecule has 1 rings (SSSR count). The highest BCUT2D eigenvalue weighted by Gasteiger charge is 2.03. The Morgan fingerprint density at radius 3 is 2.87 bits per heavy atom. The van der Waals surface area contributed by atoms with E-state index >= 15 is 0 Å². The maximum atomic E-state index is 5.46. The first-order chi connectivity index (χ1) is 7.36. The molecule has 5 heteroatoms. The highest BCUT2D eigenvalue weighted by Crippen LogP contribution is 2.14. The zero-order valence-electron chi connectivity index (χ0n) is 9.45. The standard InChI is InChI=1S/C10H19N3OS/c1-3-5-9-12-10(15-13-9)14-8-7-11-6-4-2/h11H,3-8H2,1-2H3. The van der Waals surface area contributed by atoms with Gasteiger partial charge in [-0.3, -0.25) is 0 Å². The van der Waals surface area contributed by atoms with Crippen LogP contribution in [-0.2, 0) is 6.42 Å². The first-order valence-corrected chi connectivity index (χ1v) is 6.30. The van der Waals surface area contributed by atoms with Crippen molar-refractivity contribution in [2.45, 2.75) is 33.1 Å². The Morgan fingerprint density at radius 1 is 1.27 bits per heavy atom. The summed E-state index contributed by atoms with van der Waals surface area (Å²) in [5, 5.41) is 3.96. The van der Waals surface area contributed by atoms with E-state index in [0.29, 0.717) is 11.8 Å². The molecular weight excluding hydrogens is 210 g/mol. The van der Waals surface area contributed by atoms with Crippen LogP contribution in [0.3, 0.4) is 0 Å². The Kier molecular flexibility index (Phi) is 6.27. The minimum absolute atomic E-state index is 0.667. The van der Waals surface area contributed by atoms with Gasteiger partial charge < -0.3 is 10.1 Å². The van der Waals surface area contributed by atoms with E-state index in [0.717, 1.165) is 38.2 Å². The zero-order chi connectivity index (χ0) is 10.9. The molecule has 4 nitrogen and oxygen atoms in total. The molecule has 0 amide bonds. The molecule has 86 valence electrons. The molecule has 1 heterocycles. The average molecular weight is 229 g/mol. The van der Waals surface area contributed by atoms with Gasteiger partial charge in [0.1, 0.15) is 12.4 Å². The first-order valence-electron chi connectivity index (χ1n) is 5.53. The number of rotatable bonds is 8. The highest BCUT2D eigenvalue weighted by molar-refractivity contribution is 7.07. The Balaban J connectivity index is 2.14. The normalized spacial score (nSPS) is 10.5. The van der Waals surface area contributed by atoms with Crippen LogP contribution in [0.2, 0.25) is 0 Å². The smallest absolute Gasteiger partial charge is 0.293 e. The van der Waals surface area contributed by atoms with Gasteiger partial charge in [0.2, 0.25) is 0 Å². The van der Waals surface area contributed by atoms with Crippen molar-refractivity contribution in [3.8, 4) is 5.19 Å². The van der Waals surface area contributed by atoms with E-state index in [1.54, 1.807) is 0 Å². The second kappa shape index (κ2) is 7.59. The molecule has 1 N–H and O–H groups in total. The van der Waals surface area contributed by atoms with Crippen molar-refractivity contribution in [3.63, 3.8) is 0 Å². The van der Waals surface area contributed by atoms with Crippen LogP contribution in [0.25, 0.3) is 0 Å². The maximum Gasteiger partial charge on any atom is 0.293 e. The largest absolute Gasteiger partial charge is 0.468 e. The lowest BCUT2D eigenvalue weighted by molar-refractivity contribution is 0.312. The van der Waals surface area contributed by atoms with E-state index in [2.05, 4.69) is 28.5 Å². The van der Waals surface area contributed by atoms with Gasteiger partial charge in [0.25, 0.3) is 5.19 Å². The lowest BCUT2D eigenvalue weighted by atomic mass is 10.3. The fourth-order valence-corrected chi connectivity index (χ4v) is 1.73. The van der Waals surface area contributed by atoms with Crippen molar-refractivity contribution in [1.29, 1.82) is 0 Å². The van der Waals surface area contributed by atoms with Crippen LogP contribution in [0.5, 0.6) is 5.19 Å². The van der Waals surface area contributed by atoms with Gasteiger partial charge >= 0.3 is 0 Å². The summed E-state index contributed by atoms with van der Waals surface area (Å²) < 4.78 is 9.67. The summed E-state index contributed by atoms with van der Waals surface area (Å²) in [5.74, 6) is 0.902. The van der Waals surface area contributed by atoms with Gasteiger partial charge in [0.15, 0.2) is 0 Å². The van der Waals surface area contributed by atoms with Gasteiger partial charge in [-0.2, -0.15) is 9.36 Å². The van der Waals surface area contributed by atoms with E-state index in [1.165, 1.54) is 11.5 Å². The van der Waals surface area contributed by atoms with E-state index in [1.807, 2.05) is 0 Å². The number of ether oxygens (including phenoxy) is 1. The Bertz CT molecular complexity index is 265. The third kappa shape index (κ3) is 5.09. The summed E-state index contributed by atoms with van der Waals surface area (Å²) in [6, 6.07) is 0. The van der Waals surface area contributed by atoms with Crippen LogP contribution in [0.15, 0.2) is 0 Å². The molecule has 0 saturated carbocycles. The number of hydrogen-bond acceptors (Lipinski definition) is 5. The molecule has 0 aliphatic rings. The fraction of sp³-hybridized carbons (Fsp3) is 0.800. The van der Waals surface area contributed by atoms with Crippen LogP contribution in [-0.4, -0.2) is 29.1 Å². The predicted octanol–water partition coefficient (Wildman–Crippen LogP) is 1.87. The van der Waals surface area contributed by atoms with Crippen molar-refractivity contribution in [3.05, 3.63) is 5.82 Å². The van der Waals surface area contributed by atoms with Gasteiger partial charge in [-0.25, -0.2) is 0 Å². The molecule has 0 atom stereocenters. The number of nitrogens with one attached hydrogen (secondary N) is 1. The summed E-state index contributed by atoms with van der Waals surface area (Å²) in [6.07, 6.45) is 3.17. The number of hydrogen-bond donors (Lipinski definition) is 1. The molecular formula is C10H19N3OS. The van der Waals surface area contributed by atoms with Gasteiger partial charge in [0, 0.05) is 24.5 Å². The van der Waals surface area contributed by atoms with Crippen LogP contribution < -0.4 is 10.1 Å². The molecule has 0 fully saturated rings. The molecule has 1 aromatic heterocycles. The molecule has 0 bridgehead atoms. The van der Waals surface area contributed by atoms with Gasteiger partial charge in [-0.1, -0.05) is 13.8 Å². The van der Waals surface area contributed by atoms with Crippen LogP contribution in [0, 0.1) is 0 Å². The lowest BCUT2D eigenvalue weighted by Crippen LogP contribution is -2.21. The van der Waals surface area contributed by atoms with E-state index < -0.39 is 0 Å². The van der Waals surface area contributed by atoms with Crippen molar-refractivity contribution < 1.29 is 4.74 Å². The van der Waals surface area contributed by atoms with Gasteiger partial charge in [0.05, 0.1) is 0 Å². The monoisotopic (exact) mass is 229 g/mol. The number of nitrogens with zero attached hydrogens (tertiary/aromatic N) is 2. The van der Waals surface area contributed by atoms with Crippen molar-refractivity contribution in [2.24, 2.45) is 0 Å². The minimum Gasteiger partial charge on any atom is -0.468 e. The third-order valence-electron chi connectivity index (χ3n) is 1.85. The number of aromatic nitrogens is 2. The average Bonchev–Trinajstić information content (AvgIpc) is 2.66. The summed E-state index contributed by atoms with van der Waals surface area (Å²) in [6.45, 7) is 6.85. The molecule has 0 unspecified atom stereocenters. The Morgan fingerprint density at radius 2 is 2.13 bits per heavy atom. The van der Waals surface area contributed by atoms with E-state index in [-0.39, 0.29) is 0 Å². The second-order valence-corrected chi connectivity index (χ2v) is 4.04. The van der Waals surface area contributed by atoms with Crippen LogP contribution in [0.4, 0.5) is 0 Å². The predicted molar refractivity (Wildman–Crippen MR) is 62.6 cm³/mol. The summed E-state index contributed by atoms with van der Waals surface area (Å²) in [7, 11) is 0. The molecule has 0 spiro atoms. The molecule has 0 saturated heterocycles. The van der Waals surface area contributed by atoms with Crippen molar-refractivity contribution in [1.82, 2.24) is 14.7 Å². The number of aryl methyl sites for hydroxylation is 1. The third-order valence-corrected chi connectivity index (χ3v) is 2.52. The SMILES string of the molecule is CCCNCCOc1nc(CCC)ns1. The molecule has 0 aliphatic heterocycles. The topological polar surface area (TPSA) is 47.0 Å². The van der Waals surface area contributed by atoms with Gasteiger partial charge in [-0.05, 0) is 19.4 Å². The molecule has 15 heavy (non-hydrogen) atoms. The molecule has 0 radical (unpaired) electrons. The van der Waals surface area contributed by atoms with Crippen LogP contribution in [0.1, 0.15) is 32.5 Å². The van der Waals surface area contributed by atoms with Gasteiger partial charge in [-0.15, -0.1) is 0 Å². The Hall–Kier alpha value is -0.680. The lowest BCUT2D eigenvalue weighted by Gasteiger charge is -2.02. The highest BCUT2D eigenvalue weighted by atomic mass is 32.1. The van der Waals surface area contributed by atoms with Crippen molar-refractivity contribution >= 4 is 11.5 Å². The van der Waals surface area contributed by atoms with E-state index in [9.17, 15) is 0 Å². The van der Waals surface area contributed by atoms with Crippen LogP contribution >= 0.6 is 11.5 Å². The second-order valence-electron chi connectivity index (χ2n) is 3.32.